The fraction of sp³-hybridized carbons (Fsp3) is 0.0588. The highest BCUT2D eigenvalue weighted by Gasteiger charge is 2.06. The summed E-state index contributed by atoms with van der Waals surface area (Å²) in [5.41, 5.74) is 3.70. The summed E-state index contributed by atoms with van der Waals surface area (Å²) in [6, 6.07) is 18.8. The zero-order valence-corrected chi connectivity index (χ0v) is 12.8. The van der Waals surface area contributed by atoms with Crippen LogP contribution in [0.1, 0.15) is 5.56 Å². The molecule has 0 aliphatic rings. The summed E-state index contributed by atoms with van der Waals surface area (Å²) in [4.78, 5) is 0. The van der Waals surface area contributed by atoms with Crippen LogP contribution in [0.15, 0.2) is 59.1 Å². The molecule has 0 N–H and O–H groups in total. The van der Waals surface area contributed by atoms with Crippen LogP contribution in [0.5, 0.6) is 0 Å². The van der Waals surface area contributed by atoms with Gasteiger partial charge in [-0.25, -0.2) is 0 Å². The van der Waals surface area contributed by atoms with Crippen LogP contribution in [0.3, 0.4) is 0 Å². The first-order chi connectivity index (χ1) is 9.13. The van der Waals surface area contributed by atoms with E-state index in [0.717, 1.165) is 9.50 Å². The van der Waals surface area contributed by atoms with Crippen LogP contribution in [0.2, 0.25) is 5.02 Å². The summed E-state index contributed by atoms with van der Waals surface area (Å²) in [6.45, 7) is 2.13. The molecule has 0 spiro atoms. The fourth-order valence-corrected chi connectivity index (χ4v) is 2.84. The second-order valence-electron chi connectivity index (χ2n) is 4.68. The second kappa shape index (κ2) is 4.99. The Morgan fingerprint density at radius 2 is 1.63 bits per heavy atom. The van der Waals surface area contributed by atoms with Crippen molar-refractivity contribution in [3.8, 4) is 11.1 Å². The number of fused-ring (bicyclic) bond motifs is 1. The van der Waals surface area contributed by atoms with Gasteiger partial charge in [0.05, 0.1) is 0 Å². The molecule has 2 heteroatoms. The van der Waals surface area contributed by atoms with Gasteiger partial charge in [0.2, 0.25) is 0 Å². The van der Waals surface area contributed by atoms with Gasteiger partial charge in [0.1, 0.15) is 0 Å². The third-order valence-corrected chi connectivity index (χ3v) is 3.96. The van der Waals surface area contributed by atoms with Crippen molar-refractivity contribution < 1.29 is 0 Å². The molecule has 94 valence electrons. The minimum atomic E-state index is 0.766. The highest BCUT2D eigenvalue weighted by molar-refractivity contribution is 9.10. The highest BCUT2D eigenvalue weighted by atomic mass is 79.9. The molecule has 0 nitrogen and oxygen atoms in total. The molecule has 0 saturated carbocycles. The number of benzene rings is 3. The van der Waals surface area contributed by atoms with E-state index in [9.17, 15) is 0 Å². The lowest BCUT2D eigenvalue weighted by Crippen LogP contribution is -1.84. The molecular formula is C17H12BrCl. The Morgan fingerprint density at radius 3 is 2.37 bits per heavy atom. The Labute approximate surface area is 126 Å². The summed E-state index contributed by atoms with van der Waals surface area (Å²) in [5, 5.41) is 3.28. The van der Waals surface area contributed by atoms with Gasteiger partial charge in [-0.1, -0.05) is 57.9 Å². The van der Waals surface area contributed by atoms with Gasteiger partial charge < -0.3 is 0 Å². The maximum absolute atomic E-state index is 5.97. The van der Waals surface area contributed by atoms with E-state index in [4.69, 9.17) is 11.6 Å². The van der Waals surface area contributed by atoms with E-state index in [2.05, 4.69) is 65.3 Å². The first kappa shape index (κ1) is 12.7. The molecule has 3 aromatic carbocycles. The van der Waals surface area contributed by atoms with Gasteiger partial charge in [-0.3, -0.25) is 0 Å². The highest BCUT2D eigenvalue weighted by Crippen LogP contribution is 2.32. The largest absolute Gasteiger partial charge is 0.0843 e. The summed E-state index contributed by atoms with van der Waals surface area (Å²) < 4.78 is 1.10. The molecule has 3 rings (SSSR count). The molecule has 19 heavy (non-hydrogen) atoms. The molecule has 0 aliphatic heterocycles. The molecule has 0 atom stereocenters. The molecule has 0 bridgehead atoms. The number of aryl methyl sites for hydroxylation is 1. The van der Waals surface area contributed by atoms with Gasteiger partial charge in [0.15, 0.2) is 0 Å². The van der Waals surface area contributed by atoms with E-state index in [-0.39, 0.29) is 0 Å². The maximum Gasteiger partial charge on any atom is 0.0406 e. The van der Waals surface area contributed by atoms with Crippen molar-refractivity contribution in [3.63, 3.8) is 0 Å². The Morgan fingerprint density at radius 1 is 0.895 bits per heavy atom. The standard InChI is InChI=1S/C17H12BrCl/c1-11-8-13-2-5-14(18)10-17(13)16(9-11)12-3-6-15(19)7-4-12/h2-10H,1H3. The molecule has 0 amide bonds. The molecule has 0 fully saturated rings. The van der Waals surface area contributed by atoms with Crippen molar-refractivity contribution in [3.05, 3.63) is 69.7 Å². The lowest BCUT2D eigenvalue weighted by atomic mass is 9.96. The van der Waals surface area contributed by atoms with E-state index in [1.807, 2.05) is 12.1 Å². The van der Waals surface area contributed by atoms with Crippen molar-refractivity contribution in [2.45, 2.75) is 6.92 Å². The Bertz CT molecular complexity index is 745. The number of halogens is 2. The lowest BCUT2D eigenvalue weighted by Gasteiger charge is -2.09. The predicted octanol–water partition coefficient (Wildman–Crippen LogP) is 6.23. The SMILES string of the molecule is Cc1cc(-c2ccc(Cl)cc2)c2cc(Br)ccc2c1. The molecule has 0 radical (unpaired) electrons. The smallest absolute Gasteiger partial charge is 0.0406 e. The fourth-order valence-electron chi connectivity index (χ4n) is 2.35. The van der Waals surface area contributed by atoms with Gasteiger partial charge in [-0.05, 0) is 58.7 Å². The van der Waals surface area contributed by atoms with Gasteiger partial charge in [-0.15, -0.1) is 0 Å². The van der Waals surface area contributed by atoms with Crippen molar-refractivity contribution in [1.29, 1.82) is 0 Å². The third-order valence-electron chi connectivity index (χ3n) is 3.22. The summed E-state index contributed by atoms with van der Waals surface area (Å²) in [5.74, 6) is 0. The van der Waals surface area contributed by atoms with Crippen LogP contribution >= 0.6 is 27.5 Å². The first-order valence-corrected chi connectivity index (χ1v) is 7.26. The summed E-state index contributed by atoms with van der Waals surface area (Å²) in [6.07, 6.45) is 0. The lowest BCUT2D eigenvalue weighted by molar-refractivity contribution is 1.49. The van der Waals surface area contributed by atoms with Crippen LogP contribution in [-0.2, 0) is 0 Å². The minimum absolute atomic E-state index is 0.766. The minimum Gasteiger partial charge on any atom is -0.0843 e. The van der Waals surface area contributed by atoms with Crippen LogP contribution in [0.4, 0.5) is 0 Å². The average Bonchev–Trinajstić information content (AvgIpc) is 2.39. The van der Waals surface area contributed by atoms with Crippen LogP contribution in [0, 0.1) is 6.92 Å². The van der Waals surface area contributed by atoms with Crippen LogP contribution in [0.25, 0.3) is 21.9 Å². The number of rotatable bonds is 1. The molecule has 0 aromatic heterocycles. The van der Waals surface area contributed by atoms with Crippen molar-refractivity contribution in [1.82, 2.24) is 0 Å². The van der Waals surface area contributed by atoms with Gasteiger partial charge in [0, 0.05) is 9.50 Å². The molecule has 0 heterocycles. The summed E-state index contributed by atoms with van der Waals surface area (Å²) in [7, 11) is 0. The molecular weight excluding hydrogens is 320 g/mol. The third kappa shape index (κ3) is 2.54. The summed E-state index contributed by atoms with van der Waals surface area (Å²) >= 11 is 9.51. The van der Waals surface area contributed by atoms with Gasteiger partial charge in [0.25, 0.3) is 0 Å². The Hall–Kier alpha value is -1.31. The Kier molecular flexibility index (Phi) is 3.34. The maximum atomic E-state index is 5.97. The van der Waals surface area contributed by atoms with Crippen LogP contribution in [-0.4, -0.2) is 0 Å². The normalized spacial score (nSPS) is 10.9. The van der Waals surface area contributed by atoms with Gasteiger partial charge >= 0.3 is 0 Å². The predicted molar refractivity (Wildman–Crippen MR) is 86.8 cm³/mol. The quantitative estimate of drug-likeness (QED) is 0.496. The first-order valence-electron chi connectivity index (χ1n) is 6.09. The van der Waals surface area contributed by atoms with Crippen LogP contribution < -0.4 is 0 Å². The van der Waals surface area contributed by atoms with Crippen molar-refractivity contribution >= 4 is 38.3 Å². The topological polar surface area (TPSA) is 0 Å². The molecule has 0 saturated heterocycles. The number of hydrogen-bond acceptors (Lipinski definition) is 0. The van der Waals surface area contributed by atoms with E-state index in [1.54, 1.807) is 0 Å². The van der Waals surface area contributed by atoms with E-state index >= 15 is 0 Å². The van der Waals surface area contributed by atoms with Gasteiger partial charge in [-0.2, -0.15) is 0 Å². The zero-order valence-electron chi connectivity index (χ0n) is 10.5. The van der Waals surface area contributed by atoms with Crippen molar-refractivity contribution in [2.24, 2.45) is 0 Å². The Balaban J connectivity index is 2.32. The molecule has 3 aromatic rings. The molecule has 0 aliphatic carbocycles. The molecule has 0 unspecified atom stereocenters. The average molecular weight is 332 g/mol. The zero-order chi connectivity index (χ0) is 13.4. The number of hydrogen-bond donors (Lipinski definition) is 0. The van der Waals surface area contributed by atoms with E-state index in [1.165, 1.54) is 27.5 Å². The van der Waals surface area contributed by atoms with E-state index < -0.39 is 0 Å². The van der Waals surface area contributed by atoms with E-state index in [0.29, 0.717) is 0 Å². The van der Waals surface area contributed by atoms with Crippen molar-refractivity contribution in [2.75, 3.05) is 0 Å². The monoisotopic (exact) mass is 330 g/mol. The second-order valence-corrected chi connectivity index (χ2v) is 6.04.